The van der Waals surface area contributed by atoms with Crippen LogP contribution in [0.2, 0.25) is 5.02 Å². The number of nitrogens with one attached hydrogen (secondary N) is 2. The number of anilines is 3. The Morgan fingerprint density at radius 2 is 2.03 bits per heavy atom. The number of hydrogen-bond donors (Lipinski definition) is 2. The standard InChI is InChI=1S/C24H25ClFN5O2/c1-33-21-14-19-16(24(28-15-27-19)30-18-8-5-7-17(25)23(18)26)13-20(21)29-22(32)9-6-12-31-10-3-2-4-11-31/h5-9,13-15H,2-4,10-12H2,1H3,(H,29,32)(H,27,28,30). The smallest absolute Gasteiger partial charge is 0.248 e. The summed E-state index contributed by atoms with van der Waals surface area (Å²) in [6, 6.07) is 8.08. The van der Waals surface area contributed by atoms with Gasteiger partial charge in [-0.2, -0.15) is 0 Å². The van der Waals surface area contributed by atoms with Crippen molar-refractivity contribution in [2.75, 3.05) is 37.4 Å². The van der Waals surface area contributed by atoms with E-state index in [-0.39, 0.29) is 16.6 Å². The summed E-state index contributed by atoms with van der Waals surface area (Å²) >= 11 is 5.89. The van der Waals surface area contributed by atoms with Crippen LogP contribution in [0.25, 0.3) is 10.9 Å². The quantitative estimate of drug-likeness (QED) is 0.465. The Bertz CT molecular complexity index is 1180. The molecule has 1 aromatic heterocycles. The van der Waals surface area contributed by atoms with E-state index in [2.05, 4.69) is 25.5 Å². The largest absolute Gasteiger partial charge is 0.494 e. The van der Waals surface area contributed by atoms with Gasteiger partial charge in [-0.15, -0.1) is 0 Å². The van der Waals surface area contributed by atoms with Crippen molar-refractivity contribution >= 4 is 45.6 Å². The molecule has 0 saturated carbocycles. The monoisotopic (exact) mass is 469 g/mol. The summed E-state index contributed by atoms with van der Waals surface area (Å²) in [6.07, 6.45) is 8.44. The number of halogens is 2. The van der Waals surface area contributed by atoms with Crippen LogP contribution in [-0.4, -0.2) is 47.5 Å². The van der Waals surface area contributed by atoms with Gasteiger partial charge in [-0.05, 0) is 44.1 Å². The van der Waals surface area contributed by atoms with E-state index in [9.17, 15) is 9.18 Å². The van der Waals surface area contributed by atoms with Gasteiger partial charge in [0.2, 0.25) is 5.91 Å². The molecule has 2 aromatic carbocycles. The lowest BCUT2D eigenvalue weighted by atomic mass is 10.1. The van der Waals surface area contributed by atoms with Gasteiger partial charge in [-0.25, -0.2) is 14.4 Å². The highest BCUT2D eigenvalue weighted by Gasteiger charge is 2.14. The van der Waals surface area contributed by atoms with Gasteiger partial charge in [0.25, 0.3) is 0 Å². The van der Waals surface area contributed by atoms with E-state index in [1.165, 1.54) is 44.8 Å². The van der Waals surface area contributed by atoms with Gasteiger partial charge < -0.3 is 15.4 Å². The molecule has 1 fully saturated rings. The Labute approximate surface area is 196 Å². The minimum absolute atomic E-state index is 0.00400. The van der Waals surface area contributed by atoms with Crippen molar-refractivity contribution in [3.63, 3.8) is 0 Å². The molecule has 1 aliphatic rings. The summed E-state index contributed by atoms with van der Waals surface area (Å²) < 4.78 is 19.8. The highest BCUT2D eigenvalue weighted by molar-refractivity contribution is 6.31. The molecule has 4 rings (SSSR count). The summed E-state index contributed by atoms with van der Waals surface area (Å²) in [5.41, 5.74) is 1.22. The number of carbonyl (C=O) groups is 1. The number of carbonyl (C=O) groups excluding carboxylic acids is 1. The molecule has 0 aliphatic carbocycles. The molecule has 1 aliphatic heterocycles. The molecule has 0 bridgehead atoms. The number of methoxy groups -OCH3 is 1. The van der Waals surface area contributed by atoms with Crippen molar-refractivity contribution in [3.8, 4) is 5.75 Å². The lowest BCUT2D eigenvalue weighted by molar-refractivity contribution is -0.111. The number of likely N-dealkylation sites (tertiary alicyclic amines) is 1. The predicted octanol–water partition coefficient (Wildman–Crippen LogP) is 5.16. The molecule has 172 valence electrons. The number of benzene rings is 2. The van der Waals surface area contributed by atoms with Gasteiger partial charge >= 0.3 is 0 Å². The molecule has 0 unspecified atom stereocenters. The van der Waals surface area contributed by atoms with Crippen molar-refractivity contribution in [1.29, 1.82) is 0 Å². The van der Waals surface area contributed by atoms with E-state index in [1.807, 2.05) is 6.08 Å². The maximum atomic E-state index is 14.4. The van der Waals surface area contributed by atoms with E-state index >= 15 is 0 Å². The van der Waals surface area contributed by atoms with Crippen molar-refractivity contribution in [1.82, 2.24) is 14.9 Å². The van der Waals surface area contributed by atoms with Gasteiger partial charge in [-0.1, -0.05) is 30.2 Å². The number of fused-ring (bicyclic) bond motifs is 1. The number of amides is 1. The van der Waals surface area contributed by atoms with E-state index < -0.39 is 5.82 Å². The van der Waals surface area contributed by atoms with Crippen molar-refractivity contribution in [2.24, 2.45) is 0 Å². The van der Waals surface area contributed by atoms with Crippen LogP contribution in [0.15, 0.2) is 48.8 Å². The number of hydrogen-bond acceptors (Lipinski definition) is 6. The molecule has 9 heteroatoms. The highest BCUT2D eigenvalue weighted by atomic mass is 35.5. The minimum Gasteiger partial charge on any atom is -0.494 e. The third-order valence-corrected chi connectivity index (χ3v) is 5.79. The van der Waals surface area contributed by atoms with Crippen LogP contribution in [0.3, 0.4) is 0 Å². The average molecular weight is 470 g/mol. The van der Waals surface area contributed by atoms with Gasteiger partial charge in [-0.3, -0.25) is 9.69 Å². The number of piperidine rings is 1. The second kappa shape index (κ2) is 10.6. The molecule has 0 spiro atoms. The molecule has 2 heterocycles. The van der Waals surface area contributed by atoms with Gasteiger partial charge in [0, 0.05) is 24.1 Å². The number of rotatable bonds is 7. The summed E-state index contributed by atoms with van der Waals surface area (Å²) in [4.78, 5) is 23.4. The predicted molar refractivity (Wildman–Crippen MR) is 129 cm³/mol. The molecule has 33 heavy (non-hydrogen) atoms. The topological polar surface area (TPSA) is 79.4 Å². The average Bonchev–Trinajstić information content (AvgIpc) is 2.82. The first-order valence-electron chi connectivity index (χ1n) is 10.8. The van der Waals surface area contributed by atoms with Crippen molar-refractivity contribution in [3.05, 3.63) is 59.7 Å². The zero-order valence-corrected chi connectivity index (χ0v) is 19.0. The van der Waals surface area contributed by atoms with Crippen LogP contribution in [0, 0.1) is 5.82 Å². The normalized spacial score (nSPS) is 14.5. The summed E-state index contributed by atoms with van der Waals surface area (Å²) in [5, 5.41) is 6.41. The van der Waals surface area contributed by atoms with Crippen LogP contribution < -0.4 is 15.4 Å². The number of ether oxygens (including phenoxy) is 1. The molecular formula is C24H25ClFN5O2. The Balaban J connectivity index is 1.56. The number of aromatic nitrogens is 2. The van der Waals surface area contributed by atoms with E-state index in [1.54, 1.807) is 24.3 Å². The fourth-order valence-corrected chi connectivity index (χ4v) is 3.98. The van der Waals surface area contributed by atoms with Crippen LogP contribution in [0.5, 0.6) is 5.75 Å². The molecular weight excluding hydrogens is 445 g/mol. The van der Waals surface area contributed by atoms with E-state index in [4.69, 9.17) is 16.3 Å². The van der Waals surface area contributed by atoms with Crippen molar-refractivity contribution in [2.45, 2.75) is 19.3 Å². The van der Waals surface area contributed by atoms with Crippen molar-refractivity contribution < 1.29 is 13.9 Å². The molecule has 0 radical (unpaired) electrons. The fraction of sp³-hybridized carbons (Fsp3) is 0.292. The van der Waals surface area contributed by atoms with Gasteiger partial charge in [0.1, 0.15) is 17.9 Å². The zero-order valence-electron chi connectivity index (χ0n) is 18.3. The molecule has 0 atom stereocenters. The lowest BCUT2D eigenvalue weighted by Crippen LogP contribution is -2.29. The van der Waals surface area contributed by atoms with Gasteiger partial charge in [0.05, 0.1) is 29.0 Å². The zero-order chi connectivity index (χ0) is 23.2. The van der Waals surface area contributed by atoms with Crippen LogP contribution in [0.1, 0.15) is 19.3 Å². The Hall–Kier alpha value is -3.23. The lowest BCUT2D eigenvalue weighted by Gasteiger charge is -2.24. The molecule has 1 saturated heterocycles. The second-order valence-corrected chi connectivity index (χ2v) is 8.18. The summed E-state index contributed by atoms with van der Waals surface area (Å²) in [5.74, 6) is -0.0115. The molecule has 7 nitrogen and oxygen atoms in total. The van der Waals surface area contributed by atoms with E-state index in [0.717, 1.165) is 19.6 Å². The SMILES string of the molecule is COc1cc2ncnc(Nc3cccc(Cl)c3F)c2cc1NC(=O)C=CCN1CCCCC1. The fourth-order valence-electron chi connectivity index (χ4n) is 3.80. The Kier molecular flexibility index (Phi) is 7.36. The molecule has 1 amide bonds. The number of nitrogens with zero attached hydrogens (tertiary/aromatic N) is 3. The van der Waals surface area contributed by atoms with Crippen LogP contribution in [-0.2, 0) is 4.79 Å². The summed E-state index contributed by atoms with van der Waals surface area (Å²) in [7, 11) is 1.52. The van der Waals surface area contributed by atoms with E-state index in [0.29, 0.717) is 28.2 Å². The Morgan fingerprint density at radius 1 is 1.21 bits per heavy atom. The first kappa shape index (κ1) is 22.9. The molecule has 3 aromatic rings. The third kappa shape index (κ3) is 5.58. The maximum absolute atomic E-state index is 14.4. The maximum Gasteiger partial charge on any atom is 0.248 e. The summed E-state index contributed by atoms with van der Waals surface area (Å²) in [6.45, 7) is 2.87. The third-order valence-electron chi connectivity index (χ3n) is 5.50. The Morgan fingerprint density at radius 3 is 2.82 bits per heavy atom. The molecule has 2 N–H and O–H groups in total. The highest BCUT2D eigenvalue weighted by Crippen LogP contribution is 2.34. The van der Waals surface area contributed by atoms with Crippen LogP contribution >= 0.6 is 11.6 Å². The first-order valence-corrected chi connectivity index (χ1v) is 11.2. The first-order chi connectivity index (χ1) is 16.0. The van der Waals surface area contributed by atoms with Crippen LogP contribution in [0.4, 0.5) is 21.6 Å². The second-order valence-electron chi connectivity index (χ2n) is 7.77. The van der Waals surface area contributed by atoms with Gasteiger partial charge in [0.15, 0.2) is 5.82 Å². The minimum atomic E-state index is -0.577.